The number of rotatable bonds is 6. The number of hydrogen-bond acceptors (Lipinski definition) is 6. The maximum Gasteiger partial charge on any atom is 0.267 e. The van der Waals surface area contributed by atoms with Gasteiger partial charge in [-0.3, -0.25) is 15.0 Å². The fraction of sp³-hybridized carbons (Fsp3) is 0.438. The molecule has 0 aliphatic carbocycles. The third kappa shape index (κ3) is 3.72. The van der Waals surface area contributed by atoms with E-state index >= 15 is 0 Å². The van der Waals surface area contributed by atoms with E-state index in [-0.39, 0.29) is 24.2 Å². The molecule has 1 aliphatic heterocycles. The van der Waals surface area contributed by atoms with Gasteiger partial charge in [0.15, 0.2) is 6.29 Å². The van der Waals surface area contributed by atoms with Gasteiger partial charge in [0.05, 0.1) is 12.6 Å². The smallest absolute Gasteiger partial charge is 0.267 e. The molecule has 1 aromatic carbocycles. The Bertz CT molecular complexity index is 647. The number of benzene rings is 1. The molecule has 1 aliphatic rings. The van der Waals surface area contributed by atoms with Gasteiger partial charge in [-0.25, -0.2) is 0 Å². The number of para-hydroxylation sites is 1. The first kappa shape index (κ1) is 17.9. The SMILES string of the molecule is CC1CCC(C(O)O)N1C(=O)CNc1ccccc1C(=N)C(N)=O. The molecule has 1 fully saturated rings. The zero-order valence-electron chi connectivity index (χ0n) is 13.4. The normalized spacial score (nSPS) is 20.2. The Morgan fingerprint density at radius 2 is 2.04 bits per heavy atom. The van der Waals surface area contributed by atoms with Crippen LogP contribution in [-0.4, -0.2) is 57.6 Å². The van der Waals surface area contributed by atoms with Crippen molar-refractivity contribution in [1.82, 2.24) is 4.90 Å². The first-order chi connectivity index (χ1) is 11.3. The molecule has 2 rings (SSSR count). The second-order valence-corrected chi connectivity index (χ2v) is 5.85. The highest BCUT2D eigenvalue weighted by Crippen LogP contribution is 2.26. The van der Waals surface area contributed by atoms with Crippen LogP contribution in [0.1, 0.15) is 25.3 Å². The van der Waals surface area contributed by atoms with E-state index in [1.54, 1.807) is 24.3 Å². The molecule has 0 saturated carbocycles. The molecule has 0 spiro atoms. The Hall–Kier alpha value is -2.45. The fourth-order valence-electron chi connectivity index (χ4n) is 2.99. The molecule has 1 heterocycles. The Morgan fingerprint density at radius 1 is 1.38 bits per heavy atom. The minimum absolute atomic E-state index is 0.0785. The van der Waals surface area contributed by atoms with E-state index in [0.717, 1.165) is 0 Å². The van der Waals surface area contributed by atoms with Crippen LogP contribution in [0.3, 0.4) is 0 Å². The maximum atomic E-state index is 12.5. The summed E-state index contributed by atoms with van der Waals surface area (Å²) in [5.41, 5.74) is 5.55. The van der Waals surface area contributed by atoms with Crippen LogP contribution in [0.5, 0.6) is 0 Å². The van der Waals surface area contributed by atoms with Gasteiger partial charge in [0.2, 0.25) is 5.91 Å². The van der Waals surface area contributed by atoms with Gasteiger partial charge in [-0.1, -0.05) is 18.2 Å². The highest BCUT2D eigenvalue weighted by Gasteiger charge is 2.37. The van der Waals surface area contributed by atoms with E-state index in [9.17, 15) is 19.8 Å². The van der Waals surface area contributed by atoms with Gasteiger partial charge in [-0.15, -0.1) is 0 Å². The summed E-state index contributed by atoms with van der Waals surface area (Å²) in [5, 5.41) is 29.5. The number of carbonyl (C=O) groups excluding carboxylic acids is 2. The van der Waals surface area contributed by atoms with Crippen molar-refractivity contribution in [3.05, 3.63) is 29.8 Å². The van der Waals surface area contributed by atoms with Gasteiger partial charge >= 0.3 is 0 Å². The van der Waals surface area contributed by atoms with Crippen molar-refractivity contribution in [2.45, 2.75) is 38.1 Å². The Kier molecular flexibility index (Phi) is 5.53. The lowest BCUT2D eigenvalue weighted by Gasteiger charge is -2.30. The zero-order valence-corrected chi connectivity index (χ0v) is 13.4. The number of likely N-dealkylation sites (tertiary alicyclic amines) is 1. The molecule has 24 heavy (non-hydrogen) atoms. The summed E-state index contributed by atoms with van der Waals surface area (Å²) < 4.78 is 0. The minimum Gasteiger partial charge on any atom is -0.376 e. The Balaban J connectivity index is 2.10. The van der Waals surface area contributed by atoms with Crippen LogP contribution in [0, 0.1) is 5.41 Å². The van der Waals surface area contributed by atoms with Crippen LogP contribution >= 0.6 is 0 Å². The molecule has 8 nitrogen and oxygen atoms in total. The highest BCUT2D eigenvalue weighted by molar-refractivity contribution is 6.44. The molecule has 0 aromatic heterocycles. The molecule has 0 bridgehead atoms. The largest absolute Gasteiger partial charge is 0.376 e. The van der Waals surface area contributed by atoms with Gasteiger partial charge in [0.25, 0.3) is 5.91 Å². The Morgan fingerprint density at radius 3 is 2.67 bits per heavy atom. The third-order valence-corrected chi connectivity index (χ3v) is 4.22. The summed E-state index contributed by atoms with van der Waals surface area (Å²) in [7, 11) is 0. The number of carbonyl (C=O) groups is 2. The average molecular weight is 334 g/mol. The third-order valence-electron chi connectivity index (χ3n) is 4.22. The van der Waals surface area contributed by atoms with Crippen LogP contribution in [0.25, 0.3) is 0 Å². The van der Waals surface area contributed by atoms with Crippen LogP contribution in [0.2, 0.25) is 0 Å². The standard InChI is InChI=1S/C16H22N4O4/c1-9-6-7-12(16(23)24)20(9)13(21)8-19-11-5-3-2-4-10(11)14(17)15(18)22/h2-5,9,12,16-17,19,23-24H,6-8H2,1H3,(H2,18,22). The molecular weight excluding hydrogens is 312 g/mol. The van der Waals surface area contributed by atoms with Crippen LogP contribution < -0.4 is 11.1 Å². The second kappa shape index (κ2) is 7.41. The van der Waals surface area contributed by atoms with Gasteiger partial charge in [0.1, 0.15) is 5.71 Å². The number of nitrogens with two attached hydrogens (primary N) is 1. The predicted molar refractivity (Wildman–Crippen MR) is 88.5 cm³/mol. The summed E-state index contributed by atoms with van der Waals surface area (Å²) in [6.07, 6.45) is -0.334. The van der Waals surface area contributed by atoms with E-state index < -0.39 is 18.2 Å². The monoisotopic (exact) mass is 334 g/mol. The number of anilines is 1. The summed E-state index contributed by atoms with van der Waals surface area (Å²) in [4.78, 5) is 25.1. The van der Waals surface area contributed by atoms with Crippen molar-refractivity contribution in [1.29, 1.82) is 5.41 Å². The molecule has 1 aromatic rings. The summed E-state index contributed by atoms with van der Waals surface area (Å²) in [6, 6.07) is 5.90. The fourth-order valence-corrected chi connectivity index (χ4v) is 2.99. The Labute approximate surface area is 139 Å². The summed E-state index contributed by atoms with van der Waals surface area (Å²) >= 11 is 0. The van der Waals surface area contributed by atoms with Gasteiger partial charge < -0.3 is 26.2 Å². The second-order valence-electron chi connectivity index (χ2n) is 5.85. The van der Waals surface area contributed by atoms with Crippen molar-refractivity contribution in [2.24, 2.45) is 5.73 Å². The topological polar surface area (TPSA) is 140 Å². The first-order valence-electron chi connectivity index (χ1n) is 7.71. The van der Waals surface area contributed by atoms with Crippen LogP contribution in [-0.2, 0) is 9.59 Å². The molecule has 2 atom stereocenters. The van der Waals surface area contributed by atoms with Crippen molar-refractivity contribution >= 4 is 23.2 Å². The predicted octanol–water partition coefficient (Wildman–Crippen LogP) is -0.358. The van der Waals surface area contributed by atoms with Crippen molar-refractivity contribution in [2.75, 3.05) is 11.9 Å². The van der Waals surface area contributed by atoms with Gasteiger partial charge in [-0.2, -0.15) is 0 Å². The maximum absolute atomic E-state index is 12.5. The molecule has 0 radical (unpaired) electrons. The quantitative estimate of drug-likeness (QED) is 0.357. The molecule has 8 heteroatoms. The summed E-state index contributed by atoms with van der Waals surface area (Å²) in [5.74, 6) is -1.13. The van der Waals surface area contributed by atoms with Crippen LogP contribution in [0.4, 0.5) is 5.69 Å². The molecular formula is C16H22N4O4. The van der Waals surface area contributed by atoms with E-state index in [0.29, 0.717) is 24.1 Å². The number of aliphatic hydroxyl groups excluding tert-OH is 1. The lowest BCUT2D eigenvalue weighted by atomic mass is 10.1. The number of primary amides is 1. The zero-order chi connectivity index (χ0) is 17.9. The number of hydrogen-bond donors (Lipinski definition) is 5. The number of nitrogens with zero attached hydrogens (tertiary/aromatic N) is 1. The van der Waals surface area contributed by atoms with E-state index in [4.69, 9.17) is 11.1 Å². The van der Waals surface area contributed by atoms with Crippen molar-refractivity contribution in [3.63, 3.8) is 0 Å². The van der Waals surface area contributed by atoms with Gasteiger partial charge in [-0.05, 0) is 25.8 Å². The summed E-state index contributed by atoms with van der Waals surface area (Å²) in [6.45, 7) is 1.77. The molecule has 130 valence electrons. The lowest BCUT2D eigenvalue weighted by Crippen LogP contribution is -2.47. The molecule has 2 unspecified atom stereocenters. The number of amides is 2. The van der Waals surface area contributed by atoms with E-state index in [1.165, 1.54) is 4.90 Å². The molecule has 6 N–H and O–H groups in total. The van der Waals surface area contributed by atoms with Crippen molar-refractivity contribution < 1.29 is 19.8 Å². The minimum atomic E-state index is -1.57. The van der Waals surface area contributed by atoms with E-state index in [1.807, 2.05) is 6.92 Å². The molecule has 1 saturated heterocycles. The van der Waals surface area contributed by atoms with E-state index in [2.05, 4.69) is 5.32 Å². The van der Waals surface area contributed by atoms with Crippen molar-refractivity contribution in [3.8, 4) is 0 Å². The number of aliphatic hydroxyl groups is 2. The first-order valence-corrected chi connectivity index (χ1v) is 7.71. The molecule has 2 amide bonds. The lowest BCUT2D eigenvalue weighted by molar-refractivity contribution is -0.144. The average Bonchev–Trinajstić information content (AvgIpc) is 2.94. The highest BCUT2D eigenvalue weighted by atomic mass is 16.5. The van der Waals surface area contributed by atoms with Gasteiger partial charge in [0, 0.05) is 17.3 Å². The van der Waals surface area contributed by atoms with Crippen LogP contribution in [0.15, 0.2) is 24.3 Å². The number of nitrogens with one attached hydrogen (secondary N) is 2.